The largest absolute Gasteiger partial charge is 0.496 e. The maximum absolute atomic E-state index is 5.92. The highest BCUT2D eigenvalue weighted by Crippen LogP contribution is 2.23. The van der Waals surface area contributed by atoms with Crippen LogP contribution in [-0.2, 0) is 6.54 Å². The first-order valence-corrected chi connectivity index (χ1v) is 7.37. The van der Waals surface area contributed by atoms with E-state index in [4.69, 9.17) is 10.5 Å². The van der Waals surface area contributed by atoms with E-state index >= 15 is 0 Å². The number of nitrogens with two attached hydrogens (primary N) is 1. The van der Waals surface area contributed by atoms with Crippen molar-refractivity contribution in [3.63, 3.8) is 0 Å². The predicted molar refractivity (Wildman–Crippen MR) is 96.8 cm³/mol. The first-order valence-electron chi connectivity index (χ1n) is 6.58. The number of nitrogens with one attached hydrogen (secondary N) is 1. The van der Waals surface area contributed by atoms with E-state index in [2.05, 4.69) is 26.2 Å². The third-order valence-corrected chi connectivity index (χ3v) is 3.86. The van der Waals surface area contributed by atoms with Gasteiger partial charge in [0, 0.05) is 16.1 Å². The van der Waals surface area contributed by atoms with E-state index in [1.54, 1.807) is 7.11 Å². The van der Waals surface area contributed by atoms with E-state index in [1.165, 1.54) is 25.7 Å². The number of hydrogen-bond acceptors (Lipinski definition) is 2. The van der Waals surface area contributed by atoms with Crippen molar-refractivity contribution in [1.82, 2.24) is 5.32 Å². The average molecular weight is 454 g/mol. The van der Waals surface area contributed by atoms with Gasteiger partial charge in [0.2, 0.25) is 0 Å². The Kier molecular flexibility index (Phi) is 7.65. The summed E-state index contributed by atoms with van der Waals surface area (Å²) in [5.74, 6) is 1.36. The number of methoxy groups -OCH3 is 1. The summed E-state index contributed by atoms with van der Waals surface area (Å²) in [6.07, 6.45) is 4.95. The first kappa shape index (κ1) is 17.6. The second-order valence-electron chi connectivity index (χ2n) is 4.78. The third-order valence-electron chi connectivity index (χ3n) is 3.37. The third kappa shape index (κ3) is 5.12. The first-order chi connectivity index (χ1) is 9.19. The van der Waals surface area contributed by atoms with E-state index in [9.17, 15) is 0 Å². The second-order valence-corrected chi connectivity index (χ2v) is 5.70. The Labute approximate surface area is 145 Å². The van der Waals surface area contributed by atoms with Gasteiger partial charge < -0.3 is 15.8 Å². The highest BCUT2D eigenvalue weighted by Gasteiger charge is 2.14. The van der Waals surface area contributed by atoms with Crippen LogP contribution in [0.1, 0.15) is 31.2 Å². The van der Waals surface area contributed by atoms with Crippen LogP contribution in [0.15, 0.2) is 27.7 Å². The Morgan fingerprint density at radius 1 is 1.45 bits per heavy atom. The van der Waals surface area contributed by atoms with E-state index < -0.39 is 0 Å². The molecule has 0 spiro atoms. The summed E-state index contributed by atoms with van der Waals surface area (Å²) in [5, 5.41) is 3.28. The molecule has 0 bridgehead atoms. The number of ether oxygens (including phenoxy) is 1. The molecule has 0 aliphatic heterocycles. The van der Waals surface area contributed by atoms with Crippen molar-refractivity contribution in [3.8, 4) is 5.75 Å². The lowest BCUT2D eigenvalue weighted by Crippen LogP contribution is -2.38. The van der Waals surface area contributed by atoms with Gasteiger partial charge in [-0.3, -0.25) is 0 Å². The number of halogens is 2. The fraction of sp³-hybridized carbons (Fsp3) is 0.500. The summed E-state index contributed by atoms with van der Waals surface area (Å²) < 4.78 is 6.33. The van der Waals surface area contributed by atoms with Gasteiger partial charge in [0.05, 0.1) is 13.7 Å². The minimum atomic E-state index is 0. The fourth-order valence-electron chi connectivity index (χ4n) is 2.37. The van der Waals surface area contributed by atoms with Crippen LogP contribution in [0.2, 0.25) is 0 Å². The highest BCUT2D eigenvalue weighted by molar-refractivity contribution is 14.0. The normalized spacial score (nSPS) is 15.8. The molecule has 0 saturated heterocycles. The maximum atomic E-state index is 5.92. The molecule has 20 heavy (non-hydrogen) atoms. The van der Waals surface area contributed by atoms with Crippen molar-refractivity contribution in [2.45, 2.75) is 38.3 Å². The summed E-state index contributed by atoms with van der Waals surface area (Å²) in [4.78, 5) is 4.39. The molecule has 1 aromatic rings. The molecule has 0 unspecified atom stereocenters. The molecule has 1 saturated carbocycles. The van der Waals surface area contributed by atoms with Crippen LogP contribution in [0, 0.1) is 0 Å². The van der Waals surface area contributed by atoms with Crippen molar-refractivity contribution in [2.75, 3.05) is 7.11 Å². The quantitative estimate of drug-likeness (QED) is 0.417. The van der Waals surface area contributed by atoms with Crippen molar-refractivity contribution < 1.29 is 4.74 Å². The predicted octanol–water partition coefficient (Wildman–Crippen LogP) is 3.42. The topological polar surface area (TPSA) is 59.6 Å². The number of guanidine groups is 1. The summed E-state index contributed by atoms with van der Waals surface area (Å²) >= 11 is 3.45. The van der Waals surface area contributed by atoms with Gasteiger partial charge >= 0.3 is 0 Å². The zero-order valence-electron chi connectivity index (χ0n) is 11.6. The van der Waals surface area contributed by atoms with Crippen molar-refractivity contribution in [1.29, 1.82) is 0 Å². The maximum Gasteiger partial charge on any atom is 0.189 e. The second kappa shape index (κ2) is 8.71. The molecule has 112 valence electrons. The van der Waals surface area contributed by atoms with Crippen LogP contribution in [0.5, 0.6) is 5.75 Å². The van der Waals surface area contributed by atoms with Gasteiger partial charge in [0.25, 0.3) is 0 Å². The van der Waals surface area contributed by atoms with Gasteiger partial charge in [0.15, 0.2) is 5.96 Å². The molecule has 1 aliphatic rings. The lowest BCUT2D eigenvalue weighted by Gasteiger charge is -2.12. The number of hydrogen-bond donors (Lipinski definition) is 2. The molecule has 3 N–H and O–H groups in total. The minimum Gasteiger partial charge on any atom is -0.496 e. The number of aliphatic imine (C=N–C) groups is 1. The lowest BCUT2D eigenvalue weighted by molar-refractivity contribution is 0.409. The van der Waals surface area contributed by atoms with Crippen molar-refractivity contribution in [3.05, 3.63) is 28.2 Å². The minimum absolute atomic E-state index is 0. The van der Waals surface area contributed by atoms with Gasteiger partial charge in [-0.2, -0.15) is 0 Å². The number of rotatable bonds is 4. The zero-order valence-corrected chi connectivity index (χ0v) is 15.5. The molecule has 0 atom stereocenters. The van der Waals surface area contributed by atoms with E-state index in [0.717, 1.165) is 15.8 Å². The van der Waals surface area contributed by atoms with Gasteiger partial charge in [-0.05, 0) is 31.0 Å². The standard InChI is InChI=1S/C14H20BrN3O.HI/c1-19-13-7-6-11(15)8-10(13)9-17-14(16)18-12-4-2-3-5-12;/h6-8,12H,2-5,9H2,1H3,(H3,16,17,18);1H. The van der Waals surface area contributed by atoms with Crippen LogP contribution >= 0.6 is 39.9 Å². The molecule has 2 rings (SSSR count). The Morgan fingerprint density at radius 3 is 2.80 bits per heavy atom. The molecule has 6 heteroatoms. The Hall–Kier alpha value is -0.500. The molecule has 1 aliphatic carbocycles. The van der Waals surface area contributed by atoms with Gasteiger partial charge in [0.1, 0.15) is 5.75 Å². The molecule has 1 fully saturated rings. The van der Waals surface area contributed by atoms with Crippen LogP contribution < -0.4 is 15.8 Å². The Balaban J connectivity index is 0.00000200. The Morgan fingerprint density at radius 2 is 2.15 bits per heavy atom. The summed E-state index contributed by atoms with van der Waals surface area (Å²) in [6, 6.07) is 6.38. The fourth-order valence-corrected chi connectivity index (χ4v) is 2.77. The Bertz CT molecular complexity index is 462. The monoisotopic (exact) mass is 453 g/mol. The smallest absolute Gasteiger partial charge is 0.189 e. The molecule has 4 nitrogen and oxygen atoms in total. The van der Waals surface area contributed by atoms with Crippen molar-refractivity contribution >= 4 is 45.9 Å². The van der Waals surface area contributed by atoms with E-state index in [0.29, 0.717) is 18.5 Å². The van der Waals surface area contributed by atoms with Gasteiger partial charge in [-0.1, -0.05) is 28.8 Å². The lowest BCUT2D eigenvalue weighted by atomic mass is 10.2. The van der Waals surface area contributed by atoms with Crippen LogP contribution in [-0.4, -0.2) is 19.1 Å². The molecule has 0 aromatic heterocycles. The van der Waals surface area contributed by atoms with Gasteiger partial charge in [-0.25, -0.2) is 4.99 Å². The SMILES string of the molecule is COc1ccc(Br)cc1CN=C(N)NC1CCCC1.I. The average Bonchev–Trinajstić information content (AvgIpc) is 2.89. The summed E-state index contributed by atoms with van der Waals surface area (Å²) in [5.41, 5.74) is 6.94. The zero-order chi connectivity index (χ0) is 13.7. The highest BCUT2D eigenvalue weighted by atomic mass is 127. The number of nitrogens with zero attached hydrogens (tertiary/aromatic N) is 1. The molecule has 0 radical (unpaired) electrons. The molecule has 0 amide bonds. The molecular formula is C14H21BrIN3O. The van der Waals surface area contributed by atoms with Crippen LogP contribution in [0.25, 0.3) is 0 Å². The molecule has 0 heterocycles. The molecular weight excluding hydrogens is 433 g/mol. The van der Waals surface area contributed by atoms with Crippen molar-refractivity contribution in [2.24, 2.45) is 10.7 Å². The summed E-state index contributed by atoms with van der Waals surface area (Å²) in [6.45, 7) is 0.522. The molecule has 1 aromatic carbocycles. The van der Waals surface area contributed by atoms with Gasteiger partial charge in [-0.15, -0.1) is 24.0 Å². The van der Waals surface area contributed by atoms with E-state index in [1.807, 2.05) is 18.2 Å². The summed E-state index contributed by atoms with van der Waals surface area (Å²) in [7, 11) is 1.66. The number of benzene rings is 1. The van der Waals surface area contributed by atoms with Crippen LogP contribution in [0.4, 0.5) is 0 Å². The van der Waals surface area contributed by atoms with Crippen LogP contribution in [0.3, 0.4) is 0 Å². The van der Waals surface area contributed by atoms with E-state index in [-0.39, 0.29) is 24.0 Å².